The molecule has 3 nitrogen and oxygen atoms in total. The molecule has 1 saturated heterocycles. The van der Waals surface area contributed by atoms with E-state index in [0.717, 1.165) is 37.9 Å². The summed E-state index contributed by atoms with van der Waals surface area (Å²) in [5.74, 6) is 6.46. The van der Waals surface area contributed by atoms with E-state index in [1.165, 1.54) is 5.56 Å². The molecular weight excluding hydrogens is 334 g/mol. The largest absolute Gasteiger partial charge is 0.378 e. The van der Waals surface area contributed by atoms with Gasteiger partial charge in [0.2, 0.25) is 0 Å². The smallest absolute Gasteiger partial charge is 0.253 e. The zero-order chi connectivity index (χ0) is 19.3. The van der Waals surface area contributed by atoms with Gasteiger partial charge in [-0.3, -0.25) is 4.79 Å². The molecule has 0 aromatic heterocycles. The quantitative estimate of drug-likeness (QED) is 0.842. The first-order chi connectivity index (χ1) is 12.9. The molecule has 0 bridgehead atoms. The maximum atomic E-state index is 12.7. The second-order valence-electron chi connectivity index (χ2n) is 7.81. The van der Waals surface area contributed by atoms with Gasteiger partial charge in [0.05, 0.1) is 0 Å². The summed E-state index contributed by atoms with van der Waals surface area (Å²) in [5.41, 5.74) is 1.86. The molecule has 1 heterocycles. The highest BCUT2D eigenvalue weighted by Crippen LogP contribution is 2.23. The van der Waals surface area contributed by atoms with E-state index in [-0.39, 0.29) is 5.91 Å². The molecule has 0 saturated carbocycles. The zero-order valence-electron chi connectivity index (χ0n) is 16.1. The number of carbonyl (C=O) groups excluding carboxylic acids is 1. The monoisotopic (exact) mass is 361 g/mol. The highest BCUT2D eigenvalue weighted by Gasteiger charge is 2.23. The molecule has 0 spiro atoms. The molecule has 0 atom stereocenters. The lowest BCUT2D eigenvalue weighted by Gasteiger charge is -2.32. The maximum Gasteiger partial charge on any atom is 0.253 e. The first-order valence-electron chi connectivity index (χ1n) is 9.59. The second kappa shape index (κ2) is 8.41. The highest BCUT2D eigenvalue weighted by molar-refractivity contribution is 5.94. The molecule has 1 fully saturated rings. The maximum absolute atomic E-state index is 12.7. The SMILES string of the molecule is CC(C)(O)C#Cc1ccc(C(=O)N2CCC(Cc3ccccc3)CC2)cc1. The summed E-state index contributed by atoms with van der Waals surface area (Å²) in [6.45, 7) is 4.94. The topological polar surface area (TPSA) is 40.5 Å². The van der Waals surface area contributed by atoms with Gasteiger partial charge in [-0.1, -0.05) is 42.2 Å². The van der Waals surface area contributed by atoms with E-state index in [1.807, 2.05) is 35.2 Å². The Balaban J connectivity index is 1.55. The fraction of sp³-hybridized carbons (Fsp3) is 0.375. The van der Waals surface area contributed by atoms with Crippen LogP contribution in [0.5, 0.6) is 0 Å². The molecule has 1 aliphatic heterocycles. The van der Waals surface area contributed by atoms with Crippen molar-refractivity contribution < 1.29 is 9.90 Å². The van der Waals surface area contributed by atoms with Crippen molar-refractivity contribution in [3.63, 3.8) is 0 Å². The van der Waals surface area contributed by atoms with Crippen LogP contribution in [0, 0.1) is 17.8 Å². The Kier molecular flexibility index (Phi) is 5.98. The first-order valence-corrected chi connectivity index (χ1v) is 9.59. The highest BCUT2D eigenvalue weighted by atomic mass is 16.3. The minimum absolute atomic E-state index is 0.0927. The van der Waals surface area contributed by atoms with Crippen molar-refractivity contribution in [3.8, 4) is 11.8 Å². The predicted molar refractivity (Wildman–Crippen MR) is 108 cm³/mol. The lowest BCUT2D eigenvalue weighted by molar-refractivity contribution is 0.0690. The van der Waals surface area contributed by atoms with Crippen LogP contribution in [0.2, 0.25) is 0 Å². The third kappa shape index (κ3) is 5.70. The van der Waals surface area contributed by atoms with Gasteiger partial charge in [0.15, 0.2) is 0 Å². The molecule has 1 amide bonds. The van der Waals surface area contributed by atoms with Gasteiger partial charge < -0.3 is 10.0 Å². The minimum Gasteiger partial charge on any atom is -0.378 e. The summed E-state index contributed by atoms with van der Waals surface area (Å²) in [7, 11) is 0. The van der Waals surface area contributed by atoms with Crippen LogP contribution in [0.15, 0.2) is 54.6 Å². The summed E-state index contributed by atoms with van der Waals surface area (Å²) in [5, 5.41) is 9.67. The Morgan fingerprint density at radius 2 is 1.70 bits per heavy atom. The van der Waals surface area contributed by atoms with Gasteiger partial charge in [-0.05, 0) is 68.9 Å². The molecule has 2 aromatic rings. The van der Waals surface area contributed by atoms with E-state index in [0.29, 0.717) is 11.5 Å². The van der Waals surface area contributed by atoms with Crippen LogP contribution in [0.1, 0.15) is 48.2 Å². The lowest BCUT2D eigenvalue weighted by atomic mass is 9.90. The molecule has 0 unspecified atom stereocenters. The van der Waals surface area contributed by atoms with E-state index in [4.69, 9.17) is 0 Å². The van der Waals surface area contributed by atoms with Gasteiger partial charge in [-0.2, -0.15) is 0 Å². The summed E-state index contributed by atoms with van der Waals surface area (Å²) in [4.78, 5) is 14.7. The van der Waals surface area contributed by atoms with E-state index in [1.54, 1.807) is 13.8 Å². The van der Waals surface area contributed by atoms with Gasteiger partial charge >= 0.3 is 0 Å². The zero-order valence-corrected chi connectivity index (χ0v) is 16.1. The fourth-order valence-electron chi connectivity index (χ4n) is 3.39. The molecule has 1 N–H and O–H groups in total. The van der Waals surface area contributed by atoms with Crippen molar-refractivity contribution in [2.24, 2.45) is 5.92 Å². The van der Waals surface area contributed by atoms with E-state index in [2.05, 4.69) is 36.1 Å². The summed E-state index contributed by atoms with van der Waals surface area (Å²) in [6.07, 6.45) is 3.20. The van der Waals surface area contributed by atoms with Gasteiger partial charge in [0.1, 0.15) is 5.60 Å². The van der Waals surface area contributed by atoms with E-state index in [9.17, 15) is 9.90 Å². The number of benzene rings is 2. The van der Waals surface area contributed by atoms with Gasteiger partial charge in [0.25, 0.3) is 5.91 Å². The van der Waals surface area contributed by atoms with E-state index >= 15 is 0 Å². The van der Waals surface area contributed by atoms with Crippen LogP contribution < -0.4 is 0 Å². The average molecular weight is 361 g/mol. The van der Waals surface area contributed by atoms with E-state index < -0.39 is 5.60 Å². The minimum atomic E-state index is -1.02. The third-order valence-electron chi connectivity index (χ3n) is 4.91. The molecule has 27 heavy (non-hydrogen) atoms. The number of aliphatic hydroxyl groups is 1. The Morgan fingerprint density at radius 1 is 1.07 bits per heavy atom. The molecule has 3 heteroatoms. The van der Waals surface area contributed by atoms with Crippen molar-refractivity contribution in [1.82, 2.24) is 4.90 Å². The number of likely N-dealkylation sites (tertiary alicyclic amines) is 1. The Hall–Kier alpha value is -2.57. The number of hydrogen-bond donors (Lipinski definition) is 1. The van der Waals surface area contributed by atoms with Crippen LogP contribution in [0.4, 0.5) is 0 Å². The van der Waals surface area contributed by atoms with Crippen molar-refractivity contribution in [2.75, 3.05) is 13.1 Å². The van der Waals surface area contributed by atoms with Crippen LogP contribution in [0.25, 0.3) is 0 Å². The van der Waals surface area contributed by atoms with Crippen molar-refractivity contribution in [3.05, 3.63) is 71.3 Å². The van der Waals surface area contributed by atoms with Crippen LogP contribution in [-0.2, 0) is 6.42 Å². The number of nitrogens with zero attached hydrogens (tertiary/aromatic N) is 1. The third-order valence-corrected chi connectivity index (χ3v) is 4.91. The fourth-order valence-corrected chi connectivity index (χ4v) is 3.39. The Morgan fingerprint density at radius 3 is 2.30 bits per heavy atom. The molecule has 1 aliphatic rings. The van der Waals surface area contributed by atoms with Crippen molar-refractivity contribution >= 4 is 5.91 Å². The number of carbonyl (C=O) groups is 1. The first kappa shape index (κ1) is 19.2. The summed E-state index contributed by atoms with van der Waals surface area (Å²) >= 11 is 0. The molecule has 2 aromatic carbocycles. The molecular formula is C24H27NO2. The van der Waals surface area contributed by atoms with Crippen molar-refractivity contribution in [1.29, 1.82) is 0 Å². The summed E-state index contributed by atoms with van der Waals surface area (Å²) in [6, 6.07) is 17.9. The second-order valence-corrected chi connectivity index (χ2v) is 7.81. The number of hydrogen-bond acceptors (Lipinski definition) is 2. The number of rotatable bonds is 3. The Labute approximate surface area is 162 Å². The van der Waals surface area contributed by atoms with Crippen LogP contribution in [0.3, 0.4) is 0 Å². The average Bonchev–Trinajstić information content (AvgIpc) is 2.67. The number of amides is 1. The molecule has 0 aliphatic carbocycles. The van der Waals surface area contributed by atoms with Gasteiger partial charge in [0, 0.05) is 24.2 Å². The van der Waals surface area contributed by atoms with Gasteiger partial charge in [-0.25, -0.2) is 0 Å². The molecule has 3 rings (SSSR count). The van der Waals surface area contributed by atoms with Crippen LogP contribution in [-0.4, -0.2) is 34.6 Å². The normalized spacial score (nSPS) is 15.1. The summed E-state index contributed by atoms with van der Waals surface area (Å²) < 4.78 is 0. The van der Waals surface area contributed by atoms with Gasteiger partial charge in [-0.15, -0.1) is 0 Å². The standard InChI is InChI=1S/C24H27NO2/c1-24(2,27)15-12-19-8-10-22(11-9-19)23(26)25-16-13-21(14-17-25)18-20-6-4-3-5-7-20/h3-11,21,27H,13-14,16-18H2,1-2H3. The van der Waals surface area contributed by atoms with Crippen LogP contribution >= 0.6 is 0 Å². The Bertz CT molecular complexity index is 815. The lowest BCUT2D eigenvalue weighted by Crippen LogP contribution is -2.38. The molecule has 140 valence electrons. The van der Waals surface area contributed by atoms with Crippen molar-refractivity contribution in [2.45, 2.75) is 38.7 Å². The predicted octanol–water partition coefficient (Wildman–Crippen LogP) is 3.90. The number of piperidine rings is 1. The molecule has 0 radical (unpaired) electrons.